The van der Waals surface area contributed by atoms with E-state index in [1.807, 2.05) is 4.98 Å². The van der Waals surface area contributed by atoms with E-state index in [4.69, 9.17) is 10.8 Å². The average molecular weight is 229 g/mol. The topological polar surface area (TPSA) is 147 Å². The first kappa shape index (κ1) is 11.9. The van der Waals surface area contributed by atoms with Crippen LogP contribution < -0.4 is 16.6 Å². The number of nitrogens with one attached hydrogen (secondary N) is 2. The van der Waals surface area contributed by atoms with Crippen LogP contribution in [0.1, 0.15) is 6.92 Å². The maximum Gasteiger partial charge on any atom is 0.375 e. The van der Waals surface area contributed by atoms with Crippen LogP contribution in [0.3, 0.4) is 0 Å². The Bertz CT molecular complexity index is 455. The molecule has 1 aromatic heterocycles. The number of aliphatic hydroxyl groups is 1. The molecule has 0 aliphatic heterocycles. The first-order chi connectivity index (χ1) is 7.41. The van der Waals surface area contributed by atoms with Crippen molar-refractivity contribution in [3.63, 3.8) is 0 Å². The van der Waals surface area contributed by atoms with Gasteiger partial charge in [0.25, 0.3) is 0 Å². The molecule has 9 nitrogen and oxygen atoms in total. The highest BCUT2D eigenvalue weighted by molar-refractivity contribution is 5.56. The van der Waals surface area contributed by atoms with Gasteiger partial charge in [0.1, 0.15) is 0 Å². The molecule has 0 bridgehead atoms. The number of H-pyrrole nitrogens is 1. The van der Waals surface area contributed by atoms with E-state index < -0.39 is 22.3 Å². The maximum absolute atomic E-state index is 11.2. The standard InChI is InChI=1S/C7H11N5O4/c1-3(13)2-9-5-4(12(15)16)6(14)11-7(8)10-5/h3,13H,2H2,1H3,(H4,8,9,10,11,14)/t3-/m1/s1. The van der Waals surface area contributed by atoms with Crippen LogP contribution in [0.25, 0.3) is 0 Å². The van der Waals surface area contributed by atoms with Crippen LogP contribution in [-0.4, -0.2) is 32.6 Å². The first-order valence-electron chi connectivity index (χ1n) is 4.38. The van der Waals surface area contributed by atoms with Gasteiger partial charge in [-0.15, -0.1) is 0 Å². The first-order valence-corrected chi connectivity index (χ1v) is 4.38. The number of rotatable bonds is 4. The third kappa shape index (κ3) is 2.67. The summed E-state index contributed by atoms with van der Waals surface area (Å²) < 4.78 is 0. The highest BCUT2D eigenvalue weighted by Crippen LogP contribution is 2.16. The summed E-state index contributed by atoms with van der Waals surface area (Å²) in [5.41, 5.74) is 3.58. The molecule has 1 atom stereocenters. The van der Waals surface area contributed by atoms with Gasteiger partial charge in [-0.1, -0.05) is 0 Å². The molecule has 0 unspecified atom stereocenters. The van der Waals surface area contributed by atoms with Gasteiger partial charge >= 0.3 is 11.2 Å². The van der Waals surface area contributed by atoms with Crippen LogP contribution in [0.15, 0.2) is 4.79 Å². The third-order valence-electron chi connectivity index (χ3n) is 1.66. The van der Waals surface area contributed by atoms with Crippen molar-refractivity contribution in [3.8, 4) is 0 Å². The summed E-state index contributed by atoms with van der Waals surface area (Å²) in [6.45, 7) is 1.51. The van der Waals surface area contributed by atoms with Gasteiger partial charge in [-0.25, -0.2) is 0 Å². The van der Waals surface area contributed by atoms with Crippen molar-refractivity contribution < 1.29 is 10.0 Å². The van der Waals surface area contributed by atoms with Gasteiger partial charge < -0.3 is 16.2 Å². The number of hydrogen-bond acceptors (Lipinski definition) is 7. The molecule has 1 rings (SSSR count). The average Bonchev–Trinajstić information content (AvgIpc) is 2.12. The smallest absolute Gasteiger partial charge is 0.375 e. The van der Waals surface area contributed by atoms with Gasteiger partial charge in [0.05, 0.1) is 11.0 Å². The second-order valence-corrected chi connectivity index (χ2v) is 3.14. The van der Waals surface area contributed by atoms with Crippen LogP contribution in [0.4, 0.5) is 17.5 Å². The van der Waals surface area contributed by atoms with Crippen LogP contribution in [0.5, 0.6) is 0 Å². The zero-order chi connectivity index (χ0) is 12.3. The number of anilines is 2. The monoisotopic (exact) mass is 229 g/mol. The summed E-state index contributed by atoms with van der Waals surface area (Å²) in [4.78, 5) is 26.6. The molecule has 0 spiro atoms. The van der Waals surface area contributed by atoms with Crippen LogP contribution in [-0.2, 0) is 0 Å². The highest BCUT2D eigenvalue weighted by atomic mass is 16.6. The van der Waals surface area contributed by atoms with E-state index in [0.29, 0.717) is 0 Å². The number of hydrogen-bond donors (Lipinski definition) is 4. The van der Waals surface area contributed by atoms with E-state index >= 15 is 0 Å². The lowest BCUT2D eigenvalue weighted by Gasteiger charge is -2.07. The van der Waals surface area contributed by atoms with Crippen molar-refractivity contribution in [1.82, 2.24) is 9.97 Å². The van der Waals surface area contributed by atoms with E-state index in [1.165, 1.54) is 6.92 Å². The number of nitrogen functional groups attached to an aromatic ring is 1. The van der Waals surface area contributed by atoms with Gasteiger partial charge in [0.2, 0.25) is 11.8 Å². The Morgan fingerprint density at radius 1 is 1.75 bits per heavy atom. The van der Waals surface area contributed by atoms with E-state index in [2.05, 4.69) is 10.3 Å². The van der Waals surface area contributed by atoms with Gasteiger partial charge in [-0.05, 0) is 6.92 Å². The molecule has 0 aliphatic carbocycles. The lowest BCUT2D eigenvalue weighted by atomic mass is 10.4. The molecule has 9 heteroatoms. The molecule has 0 aliphatic rings. The van der Waals surface area contributed by atoms with E-state index in [-0.39, 0.29) is 18.3 Å². The highest BCUT2D eigenvalue weighted by Gasteiger charge is 2.21. The van der Waals surface area contributed by atoms with E-state index in [9.17, 15) is 14.9 Å². The summed E-state index contributed by atoms with van der Waals surface area (Å²) in [7, 11) is 0. The second kappa shape index (κ2) is 4.57. The summed E-state index contributed by atoms with van der Waals surface area (Å²) >= 11 is 0. The summed E-state index contributed by atoms with van der Waals surface area (Å²) in [6, 6.07) is 0. The fourth-order valence-corrected chi connectivity index (χ4v) is 1.02. The Morgan fingerprint density at radius 3 is 2.88 bits per heavy atom. The van der Waals surface area contributed by atoms with E-state index in [1.54, 1.807) is 0 Å². The van der Waals surface area contributed by atoms with Gasteiger partial charge in [0.15, 0.2) is 0 Å². The zero-order valence-electron chi connectivity index (χ0n) is 8.43. The zero-order valence-corrected chi connectivity index (χ0v) is 8.43. The normalized spacial score (nSPS) is 12.1. The fourth-order valence-electron chi connectivity index (χ4n) is 1.02. The van der Waals surface area contributed by atoms with Gasteiger partial charge in [-0.2, -0.15) is 4.98 Å². The summed E-state index contributed by atoms with van der Waals surface area (Å²) in [5.74, 6) is -0.490. The number of nitrogens with two attached hydrogens (primary N) is 1. The van der Waals surface area contributed by atoms with Crippen molar-refractivity contribution in [3.05, 3.63) is 20.5 Å². The van der Waals surface area contributed by atoms with Gasteiger partial charge in [-0.3, -0.25) is 19.9 Å². The number of aliphatic hydroxyl groups excluding tert-OH is 1. The molecule has 0 fully saturated rings. The van der Waals surface area contributed by atoms with Crippen molar-refractivity contribution in [2.75, 3.05) is 17.6 Å². The number of nitro groups is 1. The molecule has 0 saturated heterocycles. The maximum atomic E-state index is 11.2. The molecule has 88 valence electrons. The minimum absolute atomic E-state index is 0.0245. The SMILES string of the molecule is C[C@@H](O)CNc1nc(N)[nH]c(=O)c1[N+](=O)[O-]. The summed E-state index contributed by atoms with van der Waals surface area (Å²) in [5, 5.41) is 22.1. The van der Waals surface area contributed by atoms with Crippen molar-refractivity contribution in [2.24, 2.45) is 0 Å². The van der Waals surface area contributed by atoms with Crippen LogP contribution in [0, 0.1) is 10.1 Å². The molecule has 1 heterocycles. The molecular formula is C7H11N5O4. The number of nitrogens with zero attached hydrogens (tertiary/aromatic N) is 2. The minimum atomic E-state index is -0.939. The second-order valence-electron chi connectivity index (χ2n) is 3.14. The quantitative estimate of drug-likeness (QED) is 0.384. The predicted octanol–water partition coefficient (Wildman–Crippen LogP) is -0.947. The molecule has 0 amide bonds. The lowest BCUT2D eigenvalue weighted by Crippen LogP contribution is -2.22. The Morgan fingerprint density at radius 2 is 2.38 bits per heavy atom. The van der Waals surface area contributed by atoms with Crippen LogP contribution in [0.2, 0.25) is 0 Å². The predicted molar refractivity (Wildman–Crippen MR) is 56.1 cm³/mol. The lowest BCUT2D eigenvalue weighted by molar-refractivity contribution is -0.385. The minimum Gasteiger partial charge on any atom is -0.392 e. The molecule has 5 N–H and O–H groups in total. The van der Waals surface area contributed by atoms with Crippen molar-refractivity contribution in [1.29, 1.82) is 0 Å². The molecule has 0 saturated carbocycles. The third-order valence-corrected chi connectivity index (χ3v) is 1.66. The van der Waals surface area contributed by atoms with Crippen molar-refractivity contribution in [2.45, 2.75) is 13.0 Å². The molecule has 0 aromatic carbocycles. The Hall–Kier alpha value is -2.16. The van der Waals surface area contributed by atoms with E-state index in [0.717, 1.165) is 0 Å². The Balaban J connectivity index is 3.14. The number of aromatic amines is 1. The molecular weight excluding hydrogens is 218 g/mol. The molecule has 16 heavy (non-hydrogen) atoms. The number of aromatic nitrogens is 2. The van der Waals surface area contributed by atoms with Crippen LogP contribution >= 0.6 is 0 Å². The fraction of sp³-hybridized carbons (Fsp3) is 0.429. The largest absolute Gasteiger partial charge is 0.392 e. The summed E-state index contributed by atoms with van der Waals surface area (Å²) in [6.07, 6.45) is -0.734. The Kier molecular flexibility index (Phi) is 3.40. The Labute approximate surface area is 89.5 Å². The van der Waals surface area contributed by atoms with Crippen molar-refractivity contribution >= 4 is 17.5 Å². The van der Waals surface area contributed by atoms with Gasteiger partial charge in [0, 0.05) is 6.54 Å². The molecule has 0 radical (unpaired) electrons. The molecule has 1 aromatic rings.